The van der Waals surface area contributed by atoms with Crippen LogP contribution in [0.4, 0.5) is 5.69 Å². The molecule has 1 N–H and O–H groups in total. The Bertz CT molecular complexity index is 832. The summed E-state index contributed by atoms with van der Waals surface area (Å²) in [7, 11) is 0. The molecule has 1 fully saturated rings. The minimum Gasteiger partial charge on any atom is -0.454 e. The minimum atomic E-state index is -0.164. The summed E-state index contributed by atoms with van der Waals surface area (Å²) in [4.78, 5) is 27.8. The fourth-order valence-corrected chi connectivity index (χ4v) is 4.31. The van der Waals surface area contributed by atoms with Crippen molar-refractivity contribution in [1.82, 2.24) is 4.90 Å². The third kappa shape index (κ3) is 3.07. The Kier molecular flexibility index (Phi) is 4.09. The van der Waals surface area contributed by atoms with Crippen molar-refractivity contribution in [2.24, 2.45) is 0 Å². The first-order valence-corrected chi connectivity index (χ1v) is 9.01. The molecule has 0 aliphatic carbocycles. The van der Waals surface area contributed by atoms with Gasteiger partial charge in [0.2, 0.25) is 12.7 Å². The summed E-state index contributed by atoms with van der Waals surface area (Å²) in [5, 5.41) is 2.88. The van der Waals surface area contributed by atoms with E-state index in [1.54, 1.807) is 25.1 Å². The lowest BCUT2D eigenvalue weighted by Crippen LogP contribution is -2.27. The number of ether oxygens (including phenoxy) is 2. The number of thiophene rings is 1. The number of benzene rings is 1. The molecule has 2 aliphatic heterocycles. The summed E-state index contributed by atoms with van der Waals surface area (Å²) < 4.78 is 10.6. The topological polar surface area (TPSA) is 67.9 Å². The maximum atomic E-state index is 12.5. The second-order valence-corrected chi connectivity index (χ2v) is 7.21. The van der Waals surface area contributed by atoms with Crippen molar-refractivity contribution in [2.75, 3.05) is 18.7 Å². The molecule has 0 bridgehead atoms. The fourth-order valence-electron chi connectivity index (χ4n) is 3.26. The van der Waals surface area contributed by atoms with Gasteiger partial charge in [0.25, 0.3) is 5.91 Å². The largest absolute Gasteiger partial charge is 0.454 e. The van der Waals surface area contributed by atoms with Crippen molar-refractivity contribution < 1.29 is 19.1 Å². The van der Waals surface area contributed by atoms with Gasteiger partial charge >= 0.3 is 0 Å². The van der Waals surface area contributed by atoms with Crippen LogP contribution in [0.5, 0.6) is 11.5 Å². The average Bonchev–Trinajstić information content (AvgIpc) is 3.33. The van der Waals surface area contributed by atoms with Gasteiger partial charge in [0, 0.05) is 30.1 Å². The van der Waals surface area contributed by atoms with E-state index in [2.05, 4.69) is 5.32 Å². The summed E-state index contributed by atoms with van der Waals surface area (Å²) in [5.41, 5.74) is 0.662. The second kappa shape index (κ2) is 6.40. The van der Waals surface area contributed by atoms with Crippen molar-refractivity contribution in [3.05, 3.63) is 40.1 Å². The number of hydrogen-bond donors (Lipinski definition) is 1. The van der Waals surface area contributed by atoms with Crippen molar-refractivity contribution in [3.8, 4) is 11.5 Å². The van der Waals surface area contributed by atoms with Crippen molar-refractivity contribution in [2.45, 2.75) is 25.8 Å². The van der Waals surface area contributed by atoms with E-state index in [9.17, 15) is 9.59 Å². The first kappa shape index (κ1) is 16.0. The first-order chi connectivity index (χ1) is 12.1. The van der Waals surface area contributed by atoms with Crippen molar-refractivity contribution in [1.29, 1.82) is 0 Å². The molecular formula is C18H18N2O4S. The molecule has 1 aromatic carbocycles. The van der Waals surface area contributed by atoms with E-state index in [-0.39, 0.29) is 24.6 Å². The number of fused-ring (bicyclic) bond motifs is 1. The van der Waals surface area contributed by atoms with Gasteiger partial charge in [0.1, 0.15) is 0 Å². The molecular weight excluding hydrogens is 340 g/mol. The first-order valence-electron chi connectivity index (χ1n) is 8.20. The highest BCUT2D eigenvalue weighted by Crippen LogP contribution is 2.37. The molecule has 1 aromatic heterocycles. The zero-order valence-electron chi connectivity index (χ0n) is 13.8. The number of rotatable bonds is 3. The van der Waals surface area contributed by atoms with E-state index in [4.69, 9.17) is 9.47 Å². The van der Waals surface area contributed by atoms with Crippen LogP contribution in [-0.2, 0) is 4.79 Å². The molecule has 25 heavy (non-hydrogen) atoms. The van der Waals surface area contributed by atoms with Crippen molar-refractivity contribution in [3.63, 3.8) is 0 Å². The third-order valence-electron chi connectivity index (χ3n) is 4.47. The van der Waals surface area contributed by atoms with Gasteiger partial charge in [0.15, 0.2) is 11.5 Å². The number of carbonyl (C=O) groups excluding carboxylic acids is 2. The molecule has 1 saturated heterocycles. The van der Waals surface area contributed by atoms with E-state index in [0.717, 1.165) is 24.3 Å². The van der Waals surface area contributed by atoms with Crippen LogP contribution in [0.2, 0.25) is 0 Å². The Balaban J connectivity index is 1.48. The number of carbonyl (C=O) groups is 2. The van der Waals surface area contributed by atoms with Gasteiger partial charge in [-0.1, -0.05) is 0 Å². The van der Waals surface area contributed by atoms with Crippen LogP contribution < -0.4 is 14.8 Å². The maximum Gasteiger partial charge on any atom is 0.265 e. The lowest BCUT2D eigenvalue weighted by atomic mass is 10.2. The molecule has 3 heterocycles. The Labute approximate surface area is 149 Å². The number of likely N-dealkylation sites (tertiary alicyclic amines) is 1. The summed E-state index contributed by atoms with van der Waals surface area (Å²) in [5.74, 6) is 1.24. The lowest BCUT2D eigenvalue weighted by molar-refractivity contribution is -0.129. The van der Waals surface area contributed by atoms with Crippen LogP contribution in [0.25, 0.3) is 0 Å². The van der Waals surface area contributed by atoms with Crippen LogP contribution in [0.15, 0.2) is 30.3 Å². The van der Waals surface area contributed by atoms with Gasteiger partial charge in [-0.15, -0.1) is 11.3 Å². The van der Waals surface area contributed by atoms with Gasteiger partial charge in [-0.25, -0.2) is 0 Å². The Morgan fingerprint density at radius 2 is 2.04 bits per heavy atom. The maximum absolute atomic E-state index is 12.5. The third-order valence-corrected chi connectivity index (χ3v) is 5.65. The number of nitrogens with zero attached hydrogens (tertiary/aromatic N) is 1. The van der Waals surface area contributed by atoms with Crippen LogP contribution in [0.1, 0.15) is 40.4 Å². The van der Waals surface area contributed by atoms with Gasteiger partial charge in [-0.05, 0) is 37.1 Å². The number of anilines is 1. The molecule has 2 aliphatic rings. The average molecular weight is 358 g/mol. The lowest BCUT2D eigenvalue weighted by Gasteiger charge is -2.22. The zero-order chi connectivity index (χ0) is 17.4. The number of amides is 2. The van der Waals surface area contributed by atoms with E-state index >= 15 is 0 Å². The molecule has 130 valence electrons. The summed E-state index contributed by atoms with van der Waals surface area (Å²) in [6.07, 6.45) is 1.95. The highest BCUT2D eigenvalue weighted by Gasteiger charge is 2.29. The van der Waals surface area contributed by atoms with E-state index < -0.39 is 0 Å². The Morgan fingerprint density at radius 1 is 1.20 bits per heavy atom. The predicted molar refractivity (Wildman–Crippen MR) is 94.2 cm³/mol. The quantitative estimate of drug-likeness (QED) is 0.913. The van der Waals surface area contributed by atoms with Gasteiger partial charge in [-0.2, -0.15) is 0 Å². The van der Waals surface area contributed by atoms with E-state index in [1.165, 1.54) is 11.3 Å². The summed E-state index contributed by atoms with van der Waals surface area (Å²) in [6, 6.07) is 9.18. The Morgan fingerprint density at radius 3 is 2.88 bits per heavy atom. The molecule has 6 nitrogen and oxygen atoms in total. The van der Waals surface area contributed by atoms with Gasteiger partial charge in [0.05, 0.1) is 10.9 Å². The number of nitrogens with one attached hydrogen (secondary N) is 1. The smallest absolute Gasteiger partial charge is 0.265 e. The monoisotopic (exact) mass is 358 g/mol. The zero-order valence-corrected chi connectivity index (χ0v) is 14.6. The second-order valence-electron chi connectivity index (χ2n) is 6.09. The summed E-state index contributed by atoms with van der Waals surface area (Å²) in [6.45, 7) is 2.59. The molecule has 0 radical (unpaired) electrons. The standard InChI is InChI=1S/C18H18N2O4S/c1-11(21)20-8-2-3-13(20)16-6-7-17(25-16)18(22)19-12-4-5-14-15(9-12)24-10-23-14/h4-7,9,13H,2-3,8,10H2,1H3,(H,19,22). The molecule has 4 rings (SSSR count). The van der Waals surface area contributed by atoms with Crippen LogP contribution in [0, 0.1) is 0 Å². The van der Waals surface area contributed by atoms with E-state index in [0.29, 0.717) is 22.1 Å². The molecule has 7 heteroatoms. The predicted octanol–water partition coefficient (Wildman–Crippen LogP) is 3.41. The normalized spacial score (nSPS) is 18.4. The van der Waals surface area contributed by atoms with Crippen LogP contribution in [-0.4, -0.2) is 30.1 Å². The molecule has 2 aromatic rings. The molecule has 2 amide bonds. The van der Waals surface area contributed by atoms with Gasteiger partial charge < -0.3 is 19.7 Å². The highest BCUT2D eigenvalue weighted by molar-refractivity contribution is 7.14. The minimum absolute atomic E-state index is 0.0854. The van der Waals surface area contributed by atoms with Gasteiger partial charge in [-0.3, -0.25) is 9.59 Å². The fraction of sp³-hybridized carbons (Fsp3) is 0.333. The van der Waals surface area contributed by atoms with Crippen molar-refractivity contribution >= 4 is 28.8 Å². The number of hydrogen-bond acceptors (Lipinski definition) is 5. The SMILES string of the molecule is CC(=O)N1CCCC1c1ccc(C(=O)Nc2ccc3c(c2)OCO3)s1. The molecule has 0 spiro atoms. The molecule has 1 atom stereocenters. The molecule has 1 unspecified atom stereocenters. The van der Waals surface area contributed by atoms with E-state index in [1.807, 2.05) is 17.0 Å². The van der Waals surface area contributed by atoms with Crippen LogP contribution >= 0.6 is 11.3 Å². The van der Waals surface area contributed by atoms with Crippen LogP contribution in [0.3, 0.4) is 0 Å². The Hall–Kier alpha value is -2.54. The highest BCUT2D eigenvalue weighted by atomic mass is 32.1. The summed E-state index contributed by atoms with van der Waals surface area (Å²) >= 11 is 1.44. The molecule has 0 saturated carbocycles.